The Bertz CT molecular complexity index is 190. The van der Waals surface area contributed by atoms with Crippen molar-refractivity contribution in [3.8, 4) is 0 Å². The number of carbonyl (C=O) groups excluding carboxylic acids is 2. The van der Waals surface area contributed by atoms with Crippen molar-refractivity contribution in [2.24, 2.45) is 0 Å². The molecule has 13 heavy (non-hydrogen) atoms. The number of Topliss-reactive ketones (excluding diaryl/α,β-unsaturated/α-hetero) is 1. The summed E-state index contributed by atoms with van der Waals surface area (Å²) in [6.07, 6.45) is 0.829. The topological polar surface area (TPSA) is 52.6 Å². The van der Waals surface area contributed by atoms with Crippen LogP contribution in [0.4, 0.5) is 0 Å². The summed E-state index contributed by atoms with van der Waals surface area (Å²) in [5.41, 5.74) is -0.581. The van der Waals surface area contributed by atoms with Gasteiger partial charge in [0.05, 0.1) is 0 Å². The first-order chi connectivity index (χ1) is 5.87. The van der Waals surface area contributed by atoms with Gasteiger partial charge >= 0.3 is 5.97 Å². The van der Waals surface area contributed by atoms with Crippen molar-refractivity contribution >= 4 is 11.8 Å². The van der Waals surface area contributed by atoms with E-state index in [1.165, 1.54) is 0 Å². The van der Waals surface area contributed by atoms with Crippen LogP contribution in [-0.2, 0) is 19.4 Å². The molecule has 0 aromatic rings. The van der Waals surface area contributed by atoms with Crippen LogP contribution in [0.1, 0.15) is 40.5 Å². The van der Waals surface area contributed by atoms with Gasteiger partial charge in [-0.3, -0.25) is 9.68 Å². The zero-order valence-corrected chi connectivity index (χ0v) is 8.55. The van der Waals surface area contributed by atoms with E-state index in [4.69, 9.17) is 0 Å². The minimum Gasteiger partial charge on any atom is -0.289 e. The number of hydrogen-bond donors (Lipinski definition) is 0. The second-order valence-electron chi connectivity index (χ2n) is 3.74. The first-order valence-corrected chi connectivity index (χ1v) is 4.29. The molecule has 0 radical (unpaired) electrons. The highest BCUT2D eigenvalue weighted by molar-refractivity contribution is 6.33. The molecule has 0 aliphatic carbocycles. The Morgan fingerprint density at radius 2 is 1.77 bits per heavy atom. The third kappa shape index (κ3) is 6.28. The van der Waals surface area contributed by atoms with Crippen molar-refractivity contribution < 1.29 is 19.4 Å². The van der Waals surface area contributed by atoms with Crippen LogP contribution in [0, 0.1) is 0 Å². The number of rotatable bonds is 4. The van der Waals surface area contributed by atoms with Crippen LogP contribution < -0.4 is 0 Å². The van der Waals surface area contributed by atoms with Crippen LogP contribution in [0.3, 0.4) is 0 Å². The second-order valence-corrected chi connectivity index (χ2v) is 3.74. The molecule has 76 valence electrons. The maximum Gasteiger partial charge on any atom is 0.408 e. The lowest BCUT2D eigenvalue weighted by Gasteiger charge is -2.15. The summed E-state index contributed by atoms with van der Waals surface area (Å²) in [6, 6.07) is 0. The Labute approximate surface area is 78.1 Å². The molecule has 0 bridgehead atoms. The molecular formula is C9H16O4. The van der Waals surface area contributed by atoms with Gasteiger partial charge in [-0.25, -0.2) is 4.79 Å². The fraction of sp³-hybridized carbons (Fsp3) is 0.778. The largest absolute Gasteiger partial charge is 0.408 e. The van der Waals surface area contributed by atoms with Gasteiger partial charge in [0.25, 0.3) is 0 Å². The van der Waals surface area contributed by atoms with E-state index in [-0.39, 0.29) is 6.42 Å². The summed E-state index contributed by atoms with van der Waals surface area (Å²) in [6.45, 7) is 7.00. The van der Waals surface area contributed by atoms with Gasteiger partial charge in [-0.15, -0.1) is 0 Å². The Morgan fingerprint density at radius 1 is 1.23 bits per heavy atom. The van der Waals surface area contributed by atoms with Crippen molar-refractivity contribution in [3.63, 3.8) is 0 Å². The average molecular weight is 188 g/mol. The number of carbonyl (C=O) groups is 2. The fourth-order valence-electron chi connectivity index (χ4n) is 0.538. The zero-order chi connectivity index (χ0) is 10.5. The molecule has 0 amide bonds. The summed E-state index contributed by atoms with van der Waals surface area (Å²) in [7, 11) is 0. The smallest absolute Gasteiger partial charge is 0.289 e. The van der Waals surface area contributed by atoms with Crippen LogP contribution in [0.2, 0.25) is 0 Å². The van der Waals surface area contributed by atoms with Crippen LogP contribution in [0.5, 0.6) is 0 Å². The molecule has 0 aromatic carbocycles. The Hall–Kier alpha value is -0.900. The Morgan fingerprint density at radius 3 is 2.15 bits per heavy atom. The molecule has 0 N–H and O–H groups in total. The van der Waals surface area contributed by atoms with Crippen molar-refractivity contribution in [3.05, 3.63) is 0 Å². The highest BCUT2D eigenvalue weighted by atomic mass is 17.2. The van der Waals surface area contributed by atoms with E-state index in [2.05, 4.69) is 9.78 Å². The summed E-state index contributed by atoms with van der Waals surface area (Å²) in [5.74, 6) is -1.47. The molecule has 0 rings (SSSR count). The van der Waals surface area contributed by atoms with Gasteiger partial charge in [0.15, 0.2) is 0 Å². The standard InChI is InChI=1S/C9H16O4/c1-5-6-7(10)8(11)12-13-9(2,3)4/h5-6H2,1-4H3. The van der Waals surface area contributed by atoms with E-state index < -0.39 is 17.4 Å². The van der Waals surface area contributed by atoms with Gasteiger partial charge in [0, 0.05) is 6.42 Å². The predicted octanol–water partition coefficient (Wildman–Crippen LogP) is 1.63. The van der Waals surface area contributed by atoms with Gasteiger partial charge < -0.3 is 0 Å². The van der Waals surface area contributed by atoms with E-state index >= 15 is 0 Å². The van der Waals surface area contributed by atoms with Crippen molar-refractivity contribution in [2.45, 2.75) is 46.1 Å². The Kier molecular flexibility index (Phi) is 4.62. The first-order valence-electron chi connectivity index (χ1n) is 4.29. The third-order valence-electron chi connectivity index (χ3n) is 1.07. The lowest BCUT2D eigenvalue weighted by molar-refractivity contribution is -0.317. The van der Waals surface area contributed by atoms with Crippen molar-refractivity contribution in [2.75, 3.05) is 0 Å². The summed E-state index contributed by atoms with van der Waals surface area (Å²) < 4.78 is 0. The van der Waals surface area contributed by atoms with Crippen LogP contribution in [0.25, 0.3) is 0 Å². The highest BCUT2D eigenvalue weighted by Gasteiger charge is 2.19. The van der Waals surface area contributed by atoms with E-state index in [1.54, 1.807) is 20.8 Å². The maximum absolute atomic E-state index is 10.9. The molecule has 0 aliphatic rings. The number of ketones is 1. The highest BCUT2D eigenvalue weighted by Crippen LogP contribution is 2.07. The van der Waals surface area contributed by atoms with Gasteiger partial charge in [-0.05, 0) is 27.2 Å². The van der Waals surface area contributed by atoms with Crippen LogP contribution in [0.15, 0.2) is 0 Å². The summed E-state index contributed by atoms with van der Waals surface area (Å²) in [5, 5.41) is 0. The van der Waals surface area contributed by atoms with Crippen LogP contribution >= 0.6 is 0 Å². The minimum absolute atomic E-state index is 0.201. The molecule has 0 aromatic heterocycles. The van der Waals surface area contributed by atoms with Gasteiger partial charge in [-0.2, -0.15) is 4.89 Å². The van der Waals surface area contributed by atoms with E-state index in [1.807, 2.05) is 6.92 Å². The quantitative estimate of drug-likeness (QED) is 0.382. The lowest BCUT2D eigenvalue weighted by atomic mass is 10.2. The molecule has 0 spiro atoms. The predicted molar refractivity (Wildman–Crippen MR) is 46.8 cm³/mol. The third-order valence-corrected chi connectivity index (χ3v) is 1.07. The van der Waals surface area contributed by atoms with Crippen molar-refractivity contribution in [1.82, 2.24) is 0 Å². The second kappa shape index (κ2) is 4.97. The maximum atomic E-state index is 10.9. The molecule has 0 fully saturated rings. The summed E-state index contributed by atoms with van der Waals surface area (Å²) in [4.78, 5) is 30.8. The molecule has 4 heteroatoms. The van der Waals surface area contributed by atoms with Gasteiger partial charge in [0.2, 0.25) is 5.78 Å². The van der Waals surface area contributed by atoms with Gasteiger partial charge in [0.1, 0.15) is 5.60 Å². The normalized spacial score (nSPS) is 11.1. The minimum atomic E-state index is -0.920. The summed E-state index contributed by atoms with van der Waals surface area (Å²) >= 11 is 0. The van der Waals surface area contributed by atoms with Crippen molar-refractivity contribution in [1.29, 1.82) is 0 Å². The monoisotopic (exact) mass is 188 g/mol. The fourth-order valence-corrected chi connectivity index (χ4v) is 0.538. The number of hydrogen-bond acceptors (Lipinski definition) is 4. The van der Waals surface area contributed by atoms with E-state index in [0.29, 0.717) is 6.42 Å². The SMILES string of the molecule is CCCC(=O)C(=O)OOC(C)(C)C. The van der Waals surface area contributed by atoms with Gasteiger partial charge in [-0.1, -0.05) is 6.92 Å². The molecule has 0 unspecified atom stereocenters. The first kappa shape index (κ1) is 12.1. The zero-order valence-electron chi connectivity index (χ0n) is 8.55. The van der Waals surface area contributed by atoms with E-state index in [9.17, 15) is 9.59 Å². The Balaban J connectivity index is 3.82. The average Bonchev–Trinajstić information content (AvgIpc) is 1.99. The van der Waals surface area contributed by atoms with E-state index in [0.717, 1.165) is 0 Å². The molecular weight excluding hydrogens is 172 g/mol. The molecule has 0 saturated carbocycles. The van der Waals surface area contributed by atoms with Crippen LogP contribution in [-0.4, -0.2) is 17.4 Å². The molecule has 0 heterocycles. The molecule has 0 atom stereocenters. The molecule has 0 saturated heterocycles. The molecule has 0 aliphatic heterocycles. The molecule has 4 nitrogen and oxygen atoms in total. The lowest BCUT2D eigenvalue weighted by Crippen LogP contribution is -2.25.